The second kappa shape index (κ2) is 14.4. The molecule has 2 aliphatic rings. The van der Waals surface area contributed by atoms with Crippen LogP contribution >= 0.6 is 0 Å². The van der Waals surface area contributed by atoms with Gasteiger partial charge in [0.25, 0.3) is 11.8 Å². The van der Waals surface area contributed by atoms with Crippen LogP contribution in [-0.4, -0.2) is 116 Å². The fourth-order valence-corrected chi connectivity index (χ4v) is 6.27. The Kier molecular flexibility index (Phi) is 10.4. The number of carbonyl (C=O) groups is 3. The summed E-state index contributed by atoms with van der Waals surface area (Å²) in [6.07, 6.45) is -3.36. The number of fused-ring (bicyclic) bond motifs is 2. The normalized spacial score (nSPS) is 19.0. The number of likely N-dealkylation sites (tertiary alicyclic amines) is 1. The maximum absolute atomic E-state index is 12.9. The summed E-state index contributed by atoms with van der Waals surface area (Å²) in [5.74, 6) is -0.796. The number of benzene rings is 2. The summed E-state index contributed by atoms with van der Waals surface area (Å²) in [5, 5.41) is 24.2. The Balaban J connectivity index is 0.000000192. The van der Waals surface area contributed by atoms with Crippen LogP contribution in [-0.2, 0) is 4.74 Å². The molecule has 14 nitrogen and oxygen atoms in total. The molecule has 2 aliphatic heterocycles. The zero-order valence-corrected chi connectivity index (χ0v) is 27.5. The number of nitrogens with zero attached hydrogens (tertiary/aromatic N) is 7. The van der Waals surface area contributed by atoms with Crippen LogP contribution in [0.5, 0.6) is 0 Å². The first-order chi connectivity index (χ1) is 23.1. The van der Waals surface area contributed by atoms with Crippen LogP contribution in [0.25, 0.3) is 22.1 Å². The first kappa shape index (κ1) is 35.5. The largest absolute Gasteiger partial charge is 0.465 e. The third kappa shape index (κ3) is 8.44. The Morgan fingerprint density at radius 1 is 0.837 bits per heavy atom. The van der Waals surface area contributed by atoms with Crippen LogP contribution in [0.4, 0.5) is 18.0 Å². The molecule has 0 radical (unpaired) electrons. The van der Waals surface area contributed by atoms with Gasteiger partial charge in [0.05, 0.1) is 0 Å². The monoisotopic (exact) mass is 689 g/mol. The molecule has 2 saturated heterocycles. The van der Waals surface area contributed by atoms with E-state index in [-0.39, 0.29) is 29.0 Å². The molecule has 6 rings (SSSR count). The van der Waals surface area contributed by atoms with E-state index < -0.39 is 30.8 Å². The number of alkyl halides is 3. The lowest BCUT2D eigenvalue weighted by Gasteiger charge is -2.46. The molecule has 2 fully saturated rings. The second-order valence-electron chi connectivity index (χ2n) is 13.3. The van der Waals surface area contributed by atoms with Gasteiger partial charge in [0.15, 0.2) is 0 Å². The van der Waals surface area contributed by atoms with E-state index in [1.54, 1.807) is 30.1 Å². The van der Waals surface area contributed by atoms with Crippen LogP contribution in [0.1, 0.15) is 67.2 Å². The molecule has 2 atom stereocenters. The van der Waals surface area contributed by atoms with Crippen molar-refractivity contribution in [2.24, 2.45) is 5.41 Å². The van der Waals surface area contributed by atoms with E-state index in [9.17, 15) is 32.7 Å². The Hall–Kier alpha value is -4.80. The maximum atomic E-state index is 12.9. The summed E-state index contributed by atoms with van der Waals surface area (Å²) in [5.41, 5.74) is 2.35. The second-order valence-corrected chi connectivity index (χ2v) is 13.3. The number of carboxylic acid groups (broad SMARTS) is 1. The zero-order valence-electron chi connectivity index (χ0n) is 27.5. The van der Waals surface area contributed by atoms with Crippen molar-refractivity contribution in [2.75, 3.05) is 33.4 Å². The highest BCUT2D eigenvalue weighted by Crippen LogP contribution is 2.34. The molecule has 0 aliphatic carbocycles. The molecule has 2 aromatic carbocycles. The lowest BCUT2D eigenvalue weighted by Crippen LogP contribution is -2.56. The number of amides is 3. The van der Waals surface area contributed by atoms with Crippen LogP contribution in [0.3, 0.4) is 0 Å². The molecule has 49 heavy (non-hydrogen) atoms. The van der Waals surface area contributed by atoms with Gasteiger partial charge in [-0.2, -0.15) is 13.2 Å². The van der Waals surface area contributed by atoms with Crippen molar-refractivity contribution in [3.8, 4) is 0 Å². The smallest absolute Gasteiger partial charge is 0.407 e. The Morgan fingerprint density at radius 2 is 1.37 bits per heavy atom. The number of piperidine rings is 1. The van der Waals surface area contributed by atoms with Gasteiger partial charge >= 0.3 is 12.3 Å². The maximum Gasteiger partial charge on any atom is 0.407 e. The average Bonchev–Trinajstić information content (AvgIpc) is 3.75. The van der Waals surface area contributed by atoms with Crippen molar-refractivity contribution in [3.63, 3.8) is 0 Å². The van der Waals surface area contributed by atoms with Gasteiger partial charge in [0, 0.05) is 56.1 Å². The van der Waals surface area contributed by atoms with Gasteiger partial charge in [-0.15, -0.1) is 0 Å². The summed E-state index contributed by atoms with van der Waals surface area (Å²) in [7, 11) is 1.77. The lowest BCUT2D eigenvalue weighted by atomic mass is 9.79. The highest BCUT2D eigenvalue weighted by Gasteiger charge is 2.41. The van der Waals surface area contributed by atoms with Gasteiger partial charge in [-0.25, -0.2) is 14.1 Å². The van der Waals surface area contributed by atoms with Crippen LogP contribution in [0.15, 0.2) is 45.7 Å². The first-order valence-electron chi connectivity index (χ1n) is 15.8. The van der Waals surface area contributed by atoms with E-state index in [0.717, 1.165) is 4.90 Å². The molecular formula is C32H38F3N7O7. The molecule has 0 spiro atoms. The molecular weight excluding hydrogens is 651 g/mol. The number of hydrogen-bond donors (Lipinski definition) is 1. The number of hydrogen-bond acceptors (Lipinski definition) is 10. The van der Waals surface area contributed by atoms with E-state index in [4.69, 9.17) is 4.74 Å². The van der Waals surface area contributed by atoms with Gasteiger partial charge in [0.2, 0.25) is 0 Å². The highest BCUT2D eigenvalue weighted by molar-refractivity contribution is 5.98. The summed E-state index contributed by atoms with van der Waals surface area (Å²) in [4.78, 5) is 41.1. The minimum Gasteiger partial charge on any atom is -0.465 e. The molecule has 2 unspecified atom stereocenters. The van der Waals surface area contributed by atoms with Crippen LogP contribution < -0.4 is 0 Å². The van der Waals surface area contributed by atoms with Gasteiger partial charge in [0.1, 0.15) is 28.6 Å². The first-order valence-corrected chi connectivity index (χ1v) is 15.8. The van der Waals surface area contributed by atoms with Crippen molar-refractivity contribution in [1.29, 1.82) is 0 Å². The molecule has 0 bridgehead atoms. The fraction of sp³-hybridized carbons (Fsp3) is 0.531. The quantitative estimate of drug-likeness (QED) is 0.290. The van der Waals surface area contributed by atoms with Crippen molar-refractivity contribution in [3.05, 3.63) is 47.5 Å². The van der Waals surface area contributed by atoms with E-state index >= 15 is 0 Å². The van der Waals surface area contributed by atoms with E-state index in [2.05, 4.69) is 29.9 Å². The Bertz CT molecular complexity index is 1780. The van der Waals surface area contributed by atoms with Crippen molar-refractivity contribution >= 4 is 40.0 Å². The van der Waals surface area contributed by atoms with Crippen molar-refractivity contribution in [1.82, 2.24) is 35.3 Å². The molecule has 3 amide bonds. The molecule has 4 heterocycles. The summed E-state index contributed by atoms with van der Waals surface area (Å²) < 4.78 is 53.0. The number of halogens is 3. The third-order valence-corrected chi connectivity index (χ3v) is 8.93. The van der Waals surface area contributed by atoms with Crippen LogP contribution in [0.2, 0.25) is 0 Å². The fourth-order valence-electron chi connectivity index (χ4n) is 6.27. The molecule has 2 aromatic heterocycles. The molecule has 1 N–H and O–H groups in total. The van der Waals surface area contributed by atoms with Crippen LogP contribution in [0, 0.1) is 5.41 Å². The van der Waals surface area contributed by atoms with Crippen molar-refractivity contribution in [2.45, 2.75) is 70.8 Å². The predicted molar refractivity (Wildman–Crippen MR) is 168 cm³/mol. The van der Waals surface area contributed by atoms with Gasteiger partial charge in [-0.05, 0) is 88.1 Å². The topological polar surface area (TPSA) is 168 Å². The summed E-state index contributed by atoms with van der Waals surface area (Å²) >= 11 is 0. The zero-order chi connectivity index (χ0) is 35.5. The van der Waals surface area contributed by atoms with E-state index in [1.807, 2.05) is 20.8 Å². The number of carbonyl (C=O) groups excluding carboxylic acids is 2. The molecule has 264 valence electrons. The highest BCUT2D eigenvalue weighted by atomic mass is 19.4. The number of rotatable bonds is 5. The predicted octanol–water partition coefficient (Wildman–Crippen LogP) is 5.26. The minimum atomic E-state index is -4.46. The third-order valence-electron chi connectivity index (χ3n) is 8.93. The number of aromatic nitrogens is 4. The molecule has 0 saturated carbocycles. The van der Waals surface area contributed by atoms with Gasteiger partial charge < -0.3 is 24.5 Å². The molecule has 4 aromatic rings. The summed E-state index contributed by atoms with van der Waals surface area (Å²) in [6.45, 7) is 5.92. The average molecular weight is 690 g/mol. The lowest BCUT2D eigenvalue weighted by molar-refractivity contribution is -0.147. The van der Waals surface area contributed by atoms with E-state index in [1.165, 1.54) is 23.1 Å². The standard InChI is InChI=1S/C18H24N4O4.C14H14F3N3O3/c1-18(2,3)15-10-12(7-8-22(15)17(24)25)21(4)16(23)11-5-6-13-14(9-11)20-26-19-13;15-14(16,17)8-20(10-3-5-22-6-4-10)13(21)9-1-2-11-12(7-9)19-23-18-11/h5-6,9,12,15H,7-8,10H2,1-4H3,(H,24,25);1-2,7,10H,3-6,8H2. The van der Waals surface area contributed by atoms with E-state index in [0.29, 0.717) is 73.1 Å². The van der Waals surface area contributed by atoms with Gasteiger partial charge in [-0.1, -0.05) is 20.8 Å². The molecule has 17 heteroatoms. The SMILES string of the molecule is CN(C(=O)c1ccc2nonc2c1)C1CCN(C(=O)O)C(C(C)(C)C)C1.O=C(c1ccc2nonc2c1)N(CC(F)(F)F)C1CCOCC1. The Labute approximate surface area is 279 Å². The van der Waals surface area contributed by atoms with Crippen molar-refractivity contribution < 1.29 is 46.7 Å². The summed E-state index contributed by atoms with van der Waals surface area (Å²) in [6, 6.07) is 8.73. The minimum absolute atomic E-state index is 0.0199. The number of ether oxygens (including phenoxy) is 1. The Morgan fingerprint density at radius 3 is 1.88 bits per heavy atom. The van der Waals surface area contributed by atoms with Gasteiger partial charge in [-0.3, -0.25) is 9.59 Å².